The van der Waals surface area contributed by atoms with Crippen molar-refractivity contribution in [1.29, 1.82) is 0 Å². The number of aryl methyl sites for hydroxylation is 1. The molecule has 0 fully saturated rings. The monoisotopic (exact) mass is 385 g/mol. The molecule has 9 heteroatoms. The van der Waals surface area contributed by atoms with Crippen LogP contribution in [0.25, 0.3) is 10.6 Å². The fraction of sp³-hybridized carbons (Fsp3) is 0.278. The summed E-state index contributed by atoms with van der Waals surface area (Å²) in [5.41, 5.74) is 0.759. The summed E-state index contributed by atoms with van der Waals surface area (Å²) >= 11 is 1.51. The van der Waals surface area contributed by atoms with Gasteiger partial charge in [0.25, 0.3) is 11.1 Å². The van der Waals surface area contributed by atoms with E-state index in [-0.39, 0.29) is 23.6 Å². The number of hydrogen-bond donors (Lipinski definition) is 1. The quantitative estimate of drug-likeness (QED) is 0.688. The van der Waals surface area contributed by atoms with Crippen LogP contribution in [0.15, 0.2) is 51.6 Å². The Labute approximate surface area is 159 Å². The van der Waals surface area contributed by atoms with E-state index in [0.717, 1.165) is 4.88 Å². The Hall–Kier alpha value is -3.07. The van der Waals surface area contributed by atoms with E-state index in [1.165, 1.54) is 39.0 Å². The number of carbonyl (C=O) groups excluding carboxylic acids is 1. The summed E-state index contributed by atoms with van der Waals surface area (Å²) in [6.07, 6.45) is 1.45. The van der Waals surface area contributed by atoms with Crippen molar-refractivity contribution < 1.29 is 4.79 Å². The van der Waals surface area contributed by atoms with Gasteiger partial charge in [0.15, 0.2) is 0 Å². The maximum absolute atomic E-state index is 12.4. The minimum atomic E-state index is -0.773. The molecule has 0 aromatic carbocycles. The molecule has 0 spiro atoms. The van der Waals surface area contributed by atoms with Crippen LogP contribution in [0.5, 0.6) is 0 Å². The summed E-state index contributed by atoms with van der Waals surface area (Å²) in [6.45, 7) is 3.89. The highest BCUT2D eigenvalue weighted by atomic mass is 32.1. The molecule has 3 aromatic heterocycles. The van der Waals surface area contributed by atoms with Crippen LogP contribution in [0.3, 0.4) is 0 Å². The lowest BCUT2D eigenvalue weighted by Gasteiger charge is -2.15. The molecule has 140 valence electrons. The zero-order valence-electron chi connectivity index (χ0n) is 15.0. The first-order chi connectivity index (χ1) is 13.0. The normalized spacial score (nSPS) is 11.9. The van der Waals surface area contributed by atoms with Crippen LogP contribution in [0, 0.1) is 6.92 Å². The molecule has 0 aliphatic carbocycles. The van der Waals surface area contributed by atoms with E-state index in [2.05, 4.69) is 15.4 Å². The molecule has 8 nitrogen and oxygen atoms in total. The van der Waals surface area contributed by atoms with Gasteiger partial charge in [-0.25, -0.2) is 9.67 Å². The van der Waals surface area contributed by atoms with Crippen LogP contribution in [-0.4, -0.2) is 31.8 Å². The van der Waals surface area contributed by atoms with E-state index in [9.17, 15) is 14.4 Å². The number of hydrogen-bond acceptors (Lipinski definition) is 6. The third-order valence-electron chi connectivity index (χ3n) is 4.01. The van der Waals surface area contributed by atoms with Crippen molar-refractivity contribution in [2.24, 2.45) is 0 Å². The molecule has 3 heterocycles. The first-order valence-electron chi connectivity index (χ1n) is 8.40. The lowest BCUT2D eigenvalue weighted by Crippen LogP contribution is -2.38. The fourth-order valence-electron chi connectivity index (χ4n) is 2.50. The largest absolute Gasteiger partial charge is 0.352 e. The Kier molecular flexibility index (Phi) is 5.60. The summed E-state index contributed by atoms with van der Waals surface area (Å²) in [5.74, 6) is -0.346. The number of nitrogens with zero attached hydrogens (tertiary/aromatic N) is 4. The highest BCUT2D eigenvalue weighted by molar-refractivity contribution is 7.13. The molecule has 3 aromatic rings. The summed E-state index contributed by atoms with van der Waals surface area (Å²) in [7, 11) is 0. The second-order valence-electron chi connectivity index (χ2n) is 6.01. The third kappa shape index (κ3) is 4.37. The van der Waals surface area contributed by atoms with Gasteiger partial charge in [-0.15, -0.1) is 11.3 Å². The van der Waals surface area contributed by atoms with Gasteiger partial charge < -0.3 is 5.32 Å². The molecule has 0 radical (unpaired) electrons. The Morgan fingerprint density at radius 3 is 2.78 bits per heavy atom. The standard InChI is InChI=1S/C18H19N5O3S/c1-12-10-17(25)22(11-20-12)8-7-19-18(26)13(2)23-16(24)6-5-14(21-23)15-4-3-9-27-15/h3-6,9-11,13H,7-8H2,1-2H3,(H,19,26). The van der Waals surface area contributed by atoms with E-state index >= 15 is 0 Å². The molecule has 0 saturated carbocycles. The van der Waals surface area contributed by atoms with E-state index in [1.807, 2.05) is 17.5 Å². The zero-order valence-corrected chi connectivity index (χ0v) is 15.8. The number of thiophene rings is 1. The van der Waals surface area contributed by atoms with E-state index in [4.69, 9.17) is 0 Å². The van der Waals surface area contributed by atoms with Gasteiger partial charge in [0, 0.05) is 30.9 Å². The highest BCUT2D eigenvalue weighted by Gasteiger charge is 2.18. The van der Waals surface area contributed by atoms with Gasteiger partial charge in [-0.2, -0.15) is 5.10 Å². The number of carbonyl (C=O) groups is 1. The summed E-state index contributed by atoms with van der Waals surface area (Å²) in [5, 5.41) is 8.96. The molecule has 0 saturated heterocycles. The Morgan fingerprint density at radius 1 is 1.26 bits per heavy atom. The van der Waals surface area contributed by atoms with Crippen molar-refractivity contribution in [1.82, 2.24) is 24.6 Å². The van der Waals surface area contributed by atoms with Gasteiger partial charge in [-0.3, -0.25) is 19.0 Å². The second-order valence-corrected chi connectivity index (χ2v) is 6.96. The molecule has 3 rings (SSSR count). The molecule has 1 unspecified atom stereocenters. The SMILES string of the molecule is Cc1cc(=O)n(CCNC(=O)C(C)n2nc(-c3cccs3)ccc2=O)cn1. The maximum Gasteiger partial charge on any atom is 0.267 e. The van der Waals surface area contributed by atoms with Gasteiger partial charge in [-0.1, -0.05) is 6.07 Å². The van der Waals surface area contributed by atoms with Crippen molar-refractivity contribution in [3.05, 3.63) is 68.4 Å². The van der Waals surface area contributed by atoms with Crippen molar-refractivity contribution in [3.63, 3.8) is 0 Å². The van der Waals surface area contributed by atoms with E-state index < -0.39 is 6.04 Å². The van der Waals surface area contributed by atoms with Crippen molar-refractivity contribution in [3.8, 4) is 10.6 Å². The van der Waals surface area contributed by atoms with Gasteiger partial charge >= 0.3 is 0 Å². The number of nitrogens with one attached hydrogen (secondary N) is 1. The van der Waals surface area contributed by atoms with Gasteiger partial charge in [0.05, 0.1) is 11.2 Å². The van der Waals surface area contributed by atoms with Crippen molar-refractivity contribution in [2.75, 3.05) is 6.54 Å². The van der Waals surface area contributed by atoms with Crippen LogP contribution in [0.1, 0.15) is 18.7 Å². The topological polar surface area (TPSA) is 98.9 Å². The average Bonchev–Trinajstić information content (AvgIpc) is 3.18. The minimum absolute atomic E-state index is 0.175. The molecule has 0 bridgehead atoms. The van der Waals surface area contributed by atoms with Crippen LogP contribution in [0.2, 0.25) is 0 Å². The molecular weight excluding hydrogens is 366 g/mol. The average molecular weight is 385 g/mol. The molecule has 1 N–H and O–H groups in total. The number of rotatable bonds is 6. The highest BCUT2D eigenvalue weighted by Crippen LogP contribution is 2.21. The molecular formula is C18H19N5O3S. The smallest absolute Gasteiger partial charge is 0.267 e. The van der Waals surface area contributed by atoms with E-state index in [1.54, 1.807) is 19.9 Å². The van der Waals surface area contributed by atoms with Crippen LogP contribution >= 0.6 is 11.3 Å². The minimum Gasteiger partial charge on any atom is -0.352 e. The maximum atomic E-state index is 12.4. The molecule has 1 atom stereocenters. The third-order valence-corrected chi connectivity index (χ3v) is 4.91. The predicted octanol–water partition coefficient (Wildman–Crippen LogP) is 1.21. The van der Waals surface area contributed by atoms with Crippen LogP contribution in [0.4, 0.5) is 0 Å². The predicted molar refractivity (Wildman–Crippen MR) is 103 cm³/mol. The summed E-state index contributed by atoms with van der Waals surface area (Å²) in [4.78, 5) is 41.3. The van der Waals surface area contributed by atoms with Crippen molar-refractivity contribution >= 4 is 17.2 Å². The molecule has 0 aliphatic rings. The first-order valence-corrected chi connectivity index (χ1v) is 9.28. The van der Waals surface area contributed by atoms with Crippen LogP contribution in [-0.2, 0) is 11.3 Å². The van der Waals surface area contributed by atoms with E-state index in [0.29, 0.717) is 17.9 Å². The molecule has 27 heavy (non-hydrogen) atoms. The Balaban J connectivity index is 1.67. The number of aromatic nitrogens is 4. The molecule has 1 amide bonds. The Morgan fingerprint density at radius 2 is 2.07 bits per heavy atom. The van der Waals surface area contributed by atoms with Crippen molar-refractivity contribution in [2.45, 2.75) is 26.4 Å². The first kappa shape index (κ1) is 18.7. The lowest BCUT2D eigenvalue weighted by molar-refractivity contribution is -0.124. The van der Waals surface area contributed by atoms with Crippen LogP contribution < -0.4 is 16.4 Å². The fourth-order valence-corrected chi connectivity index (χ4v) is 3.19. The lowest BCUT2D eigenvalue weighted by atomic mass is 10.3. The number of amides is 1. The zero-order chi connectivity index (χ0) is 19.4. The Bertz CT molecular complexity index is 1060. The summed E-state index contributed by atoms with van der Waals surface area (Å²) < 4.78 is 2.59. The second kappa shape index (κ2) is 8.09. The summed E-state index contributed by atoms with van der Waals surface area (Å²) in [6, 6.07) is 7.51. The van der Waals surface area contributed by atoms with Gasteiger partial charge in [0.1, 0.15) is 11.7 Å². The molecule has 0 aliphatic heterocycles. The van der Waals surface area contributed by atoms with Gasteiger partial charge in [0.2, 0.25) is 5.91 Å². The van der Waals surface area contributed by atoms with Gasteiger partial charge in [-0.05, 0) is 31.4 Å².